The number of para-hydroxylation sites is 1. The topological polar surface area (TPSA) is 102 Å². The molecule has 1 atom stereocenters. The van der Waals surface area contributed by atoms with Crippen LogP contribution in [0.15, 0.2) is 34.9 Å². The molecule has 0 aliphatic rings. The van der Waals surface area contributed by atoms with Crippen LogP contribution in [0.5, 0.6) is 5.75 Å². The minimum atomic E-state index is -1.10. The molecule has 2 aromatic rings. The van der Waals surface area contributed by atoms with Crippen LogP contribution in [-0.2, 0) is 11.4 Å². The van der Waals surface area contributed by atoms with Crippen molar-refractivity contribution in [3.63, 3.8) is 0 Å². The zero-order valence-electron chi connectivity index (χ0n) is 13.7. The van der Waals surface area contributed by atoms with Crippen molar-refractivity contribution in [2.45, 2.75) is 38.8 Å². The van der Waals surface area contributed by atoms with Gasteiger partial charge < -0.3 is 19.7 Å². The number of carbonyl (C=O) groups is 2. The van der Waals surface area contributed by atoms with E-state index in [0.717, 1.165) is 6.42 Å². The molecular formula is C17H19FN2O5. The maximum Gasteiger partial charge on any atom is 0.326 e. The summed E-state index contributed by atoms with van der Waals surface area (Å²) in [5.41, 5.74) is -0.0603. The first-order chi connectivity index (χ1) is 12.0. The number of aliphatic carboxylic acids is 1. The van der Waals surface area contributed by atoms with E-state index in [9.17, 15) is 14.0 Å². The second kappa shape index (κ2) is 8.81. The number of unbranched alkanes of at least 4 members (excludes halogenated alkanes) is 1. The van der Waals surface area contributed by atoms with E-state index >= 15 is 0 Å². The predicted octanol–water partition coefficient (Wildman–Crippen LogP) is 2.77. The molecule has 0 saturated heterocycles. The average Bonchev–Trinajstić information content (AvgIpc) is 3.06. The molecule has 0 bridgehead atoms. The second-order valence-corrected chi connectivity index (χ2v) is 5.40. The zero-order valence-corrected chi connectivity index (χ0v) is 13.7. The highest BCUT2D eigenvalue weighted by Gasteiger charge is 2.22. The molecule has 0 unspecified atom stereocenters. The highest BCUT2D eigenvalue weighted by molar-refractivity contribution is 5.94. The molecule has 0 fully saturated rings. The summed E-state index contributed by atoms with van der Waals surface area (Å²) in [5.74, 6) is -2.00. The Morgan fingerprint density at radius 2 is 2.16 bits per heavy atom. The van der Waals surface area contributed by atoms with Gasteiger partial charge in [0.05, 0.1) is 0 Å². The molecule has 0 aliphatic heterocycles. The summed E-state index contributed by atoms with van der Waals surface area (Å²) in [5, 5.41) is 15.1. The summed E-state index contributed by atoms with van der Waals surface area (Å²) >= 11 is 0. The Labute approximate surface area is 143 Å². The van der Waals surface area contributed by atoms with E-state index in [1.807, 2.05) is 6.92 Å². The van der Waals surface area contributed by atoms with Gasteiger partial charge >= 0.3 is 5.97 Å². The predicted molar refractivity (Wildman–Crippen MR) is 85.7 cm³/mol. The highest BCUT2D eigenvalue weighted by Crippen LogP contribution is 2.17. The fourth-order valence-corrected chi connectivity index (χ4v) is 2.10. The highest BCUT2D eigenvalue weighted by atomic mass is 19.1. The van der Waals surface area contributed by atoms with Gasteiger partial charge in [0.1, 0.15) is 12.6 Å². The number of nitrogens with one attached hydrogen (secondary N) is 1. The summed E-state index contributed by atoms with van der Waals surface area (Å²) in [6.45, 7) is 1.82. The third-order valence-corrected chi connectivity index (χ3v) is 3.45. The number of carboxylic acids is 1. The first-order valence-corrected chi connectivity index (χ1v) is 7.87. The molecule has 2 rings (SSSR count). The number of hydrogen-bond donors (Lipinski definition) is 2. The van der Waals surface area contributed by atoms with Crippen molar-refractivity contribution in [2.24, 2.45) is 0 Å². The van der Waals surface area contributed by atoms with Gasteiger partial charge in [0.2, 0.25) is 0 Å². The van der Waals surface area contributed by atoms with Gasteiger partial charge in [-0.25, -0.2) is 9.18 Å². The molecule has 1 amide bonds. The Morgan fingerprint density at radius 3 is 2.84 bits per heavy atom. The Balaban J connectivity index is 1.94. The molecule has 134 valence electrons. The summed E-state index contributed by atoms with van der Waals surface area (Å²) < 4.78 is 23.7. The van der Waals surface area contributed by atoms with Gasteiger partial charge in [-0.3, -0.25) is 4.79 Å². The zero-order chi connectivity index (χ0) is 18.2. The minimum Gasteiger partial charge on any atom is -0.482 e. The molecular weight excluding hydrogens is 331 g/mol. The van der Waals surface area contributed by atoms with Crippen LogP contribution in [0.2, 0.25) is 0 Å². The number of carbonyl (C=O) groups excluding carboxylic acids is 1. The largest absolute Gasteiger partial charge is 0.482 e. The molecule has 0 saturated carbocycles. The van der Waals surface area contributed by atoms with Crippen molar-refractivity contribution in [3.05, 3.63) is 47.6 Å². The quantitative estimate of drug-likeness (QED) is 0.721. The minimum absolute atomic E-state index is 0.0513. The lowest BCUT2D eigenvalue weighted by atomic mass is 10.1. The number of halogens is 1. The smallest absolute Gasteiger partial charge is 0.326 e. The van der Waals surface area contributed by atoms with Crippen molar-refractivity contribution in [1.29, 1.82) is 0 Å². The number of benzene rings is 1. The number of nitrogens with zero attached hydrogens (tertiary/aromatic N) is 1. The fourth-order valence-electron chi connectivity index (χ4n) is 2.10. The number of amides is 1. The summed E-state index contributed by atoms with van der Waals surface area (Å²) in [6.07, 6.45) is 1.83. The first kappa shape index (κ1) is 18.4. The van der Waals surface area contributed by atoms with E-state index < -0.39 is 23.7 Å². The van der Waals surface area contributed by atoms with Crippen LogP contribution in [-0.4, -0.2) is 28.2 Å². The molecule has 0 spiro atoms. The maximum atomic E-state index is 13.5. The molecule has 8 heteroatoms. The number of aromatic nitrogens is 1. The molecule has 1 aromatic heterocycles. The van der Waals surface area contributed by atoms with E-state index in [0.29, 0.717) is 12.8 Å². The Morgan fingerprint density at radius 1 is 1.40 bits per heavy atom. The lowest BCUT2D eigenvalue weighted by molar-refractivity contribution is -0.139. The lowest BCUT2D eigenvalue weighted by Crippen LogP contribution is -2.40. The number of carboxylic acid groups (broad SMARTS) is 1. The Hall–Kier alpha value is -2.90. The van der Waals surface area contributed by atoms with E-state index in [1.165, 1.54) is 24.3 Å². The molecule has 0 radical (unpaired) electrons. The van der Waals surface area contributed by atoms with Gasteiger partial charge in [-0.2, -0.15) is 0 Å². The van der Waals surface area contributed by atoms with E-state index in [2.05, 4.69) is 10.5 Å². The summed E-state index contributed by atoms with van der Waals surface area (Å²) in [6, 6.07) is 6.23. The van der Waals surface area contributed by atoms with Crippen molar-refractivity contribution in [2.75, 3.05) is 0 Å². The van der Waals surface area contributed by atoms with Crippen molar-refractivity contribution < 1.29 is 28.3 Å². The van der Waals surface area contributed by atoms with Crippen LogP contribution >= 0.6 is 0 Å². The normalized spacial score (nSPS) is 11.8. The van der Waals surface area contributed by atoms with Crippen LogP contribution in [0.25, 0.3) is 0 Å². The Bertz CT molecular complexity index is 731. The van der Waals surface area contributed by atoms with Crippen LogP contribution < -0.4 is 10.1 Å². The van der Waals surface area contributed by atoms with Gasteiger partial charge in [0, 0.05) is 6.07 Å². The number of rotatable bonds is 9. The first-order valence-electron chi connectivity index (χ1n) is 7.87. The van der Waals surface area contributed by atoms with Crippen molar-refractivity contribution >= 4 is 11.9 Å². The fraction of sp³-hybridized carbons (Fsp3) is 0.353. The Kier molecular flexibility index (Phi) is 6.50. The van der Waals surface area contributed by atoms with E-state index in [4.69, 9.17) is 14.4 Å². The van der Waals surface area contributed by atoms with Gasteiger partial charge in [-0.1, -0.05) is 37.1 Å². The molecule has 2 N–H and O–H groups in total. The van der Waals surface area contributed by atoms with E-state index in [-0.39, 0.29) is 23.8 Å². The summed E-state index contributed by atoms with van der Waals surface area (Å²) in [4.78, 5) is 23.2. The second-order valence-electron chi connectivity index (χ2n) is 5.40. The number of ether oxygens (including phenoxy) is 1. The SMILES string of the molecule is CCCC[C@H](NC(=O)c1cc(COc2ccccc2F)on1)C(=O)O. The maximum absolute atomic E-state index is 13.5. The van der Waals surface area contributed by atoms with Crippen LogP contribution in [0.4, 0.5) is 4.39 Å². The number of hydrogen-bond acceptors (Lipinski definition) is 5. The molecule has 25 heavy (non-hydrogen) atoms. The third-order valence-electron chi connectivity index (χ3n) is 3.45. The van der Waals surface area contributed by atoms with Gasteiger partial charge in [0.25, 0.3) is 5.91 Å². The molecule has 7 nitrogen and oxygen atoms in total. The van der Waals surface area contributed by atoms with Crippen molar-refractivity contribution in [1.82, 2.24) is 10.5 Å². The van der Waals surface area contributed by atoms with E-state index in [1.54, 1.807) is 6.07 Å². The molecule has 1 aromatic carbocycles. The monoisotopic (exact) mass is 350 g/mol. The molecule has 1 heterocycles. The van der Waals surface area contributed by atoms with Gasteiger partial charge in [-0.05, 0) is 18.6 Å². The van der Waals surface area contributed by atoms with Crippen LogP contribution in [0.1, 0.15) is 42.4 Å². The third kappa shape index (κ3) is 5.30. The average molecular weight is 350 g/mol. The van der Waals surface area contributed by atoms with Crippen LogP contribution in [0, 0.1) is 5.82 Å². The summed E-state index contributed by atoms with van der Waals surface area (Å²) in [7, 11) is 0. The molecule has 0 aliphatic carbocycles. The van der Waals surface area contributed by atoms with Crippen LogP contribution in [0.3, 0.4) is 0 Å². The standard InChI is InChI=1S/C17H19FN2O5/c1-2-3-7-13(17(22)23)19-16(21)14-9-11(25-20-14)10-24-15-8-5-4-6-12(15)18/h4-6,8-9,13H,2-3,7,10H2,1H3,(H,19,21)(H,22,23)/t13-/m0/s1. The van der Waals surface area contributed by atoms with Crippen molar-refractivity contribution in [3.8, 4) is 5.75 Å². The van der Waals surface area contributed by atoms with Gasteiger partial charge in [-0.15, -0.1) is 0 Å². The lowest BCUT2D eigenvalue weighted by Gasteiger charge is -2.12. The van der Waals surface area contributed by atoms with Gasteiger partial charge in [0.15, 0.2) is 23.0 Å².